The zero-order chi connectivity index (χ0) is 27.0. The molecule has 0 aromatic heterocycles. The van der Waals surface area contributed by atoms with E-state index in [0.29, 0.717) is 18.0 Å². The second kappa shape index (κ2) is 12.7. The van der Waals surface area contributed by atoms with Gasteiger partial charge in [0, 0.05) is 56.2 Å². The number of carbonyl (C=O) groups is 1. The topological polar surface area (TPSA) is 66.1 Å². The fourth-order valence-corrected chi connectivity index (χ4v) is 4.54. The summed E-state index contributed by atoms with van der Waals surface area (Å²) in [5.74, 6) is 0.992. The summed E-state index contributed by atoms with van der Waals surface area (Å²) in [6, 6.07) is 25.1. The second-order valence-corrected chi connectivity index (χ2v) is 10.7. The molecule has 1 fully saturated rings. The van der Waals surface area contributed by atoms with E-state index in [1.807, 2.05) is 39.0 Å². The van der Waals surface area contributed by atoms with Gasteiger partial charge >= 0.3 is 0 Å². The van der Waals surface area contributed by atoms with Gasteiger partial charge < -0.3 is 25.0 Å². The SMILES string of the molecule is COc1cc(CNc2ccc(N3CCN(Cc4ccccc4)CC3)cc2)ccc1OCC(=O)NC(C)(C)C. The minimum Gasteiger partial charge on any atom is -0.493 e. The largest absolute Gasteiger partial charge is 0.493 e. The molecule has 0 radical (unpaired) electrons. The van der Waals surface area contributed by atoms with E-state index in [0.717, 1.165) is 44.0 Å². The molecule has 1 aliphatic heterocycles. The number of anilines is 2. The maximum atomic E-state index is 12.1. The third-order valence-corrected chi connectivity index (χ3v) is 6.45. The van der Waals surface area contributed by atoms with E-state index in [1.54, 1.807) is 7.11 Å². The fraction of sp³-hybridized carbons (Fsp3) is 0.387. The average Bonchev–Trinajstić information content (AvgIpc) is 2.91. The molecule has 7 heteroatoms. The predicted molar refractivity (Wildman–Crippen MR) is 154 cm³/mol. The lowest BCUT2D eigenvalue weighted by Gasteiger charge is -2.36. The number of hydrogen-bond acceptors (Lipinski definition) is 6. The summed E-state index contributed by atoms with van der Waals surface area (Å²) < 4.78 is 11.2. The summed E-state index contributed by atoms with van der Waals surface area (Å²) in [6.07, 6.45) is 0. The number of piperazine rings is 1. The molecule has 1 amide bonds. The Morgan fingerprint density at radius 1 is 0.868 bits per heavy atom. The van der Waals surface area contributed by atoms with Gasteiger partial charge in [0.2, 0.25) is 0 Å². The Hall–Kier alpha value is -3.71. The Bertz CT molecular complexity index is 1170. The molecule has 1 heterocycles. The maximum Gasteiger partial charge on any atom is 0.258 e. The van der Waals surface area contributed by atoms with Crippen LogP contribution in [0, 0.1) is 0 Å². The second-order valence-electron chi connectivity index (χ2n) is 10.7. The number of amides is 1. The molecule has 0 spiro atoms. The number of nitrogens with zero attached hydrogens (tertiary/aromatic N) is 2. The lowest BCUT2D eigenvalue weighted by Crippen LogP contribution is -2.45. The zero-order valence-electron chi connectivity index (χ0n) is 23.0. The molecular formula is C31H40N4O3. The number of methoxy groups -OCH3 is 1. The van der Waals surface area contributed by atoms with Crippen molar-refractivity contribution in [3.8, 4) is 11.5 Å². The third kappa shape index (κ3) is 8.15. The van der Waals surface area contributed by atoms with Crippen LogP contribution >= 0.6 is 0 Å². The van der Waals surface area contributed by atoms with Crippen molar-refractivity contribution >= 4 is 17.3 Å². The maximum absolute atomic E-state index is 12.1. The Morgan fingerprint density at radius 2 is 1.58 bits per heavy atom. The lowest BCUT2D eigenvalue weighted by atomic mass is 10.1. The van der Waals surface area contributed by atoms with Gasteiger partial charge in [0.05, 0.1) is 7.11 Å². The van der Waals surface area contributed by atoms with Gasteiger partial charge in [-0.2, -0.15) is 0 Å². The molecule has 1 aliphatic rings. The van der Waals surface area contributed by atoms with Gasteiger partial charge in [-0.05, 0) is 68.3 Å². The van der Waals surface area contributed by atoms with Gasteiger partial charge in [-0.1, -0.05) is 36.4 Å². The number of benzene rings is 3. The van der Waals surface area contributed by atoms with Crippen LogP contribution in [0.15, 0.2) is 72.8 Å². The van der Waals surface area contributed by atoms with Crippen molar-refractivity contribution in [1.29, 1.82) is 0 Å². The quantitative estimate of drug-likeness (QED) is 0.399. The highest BCUT2D eigenvalue weighted by Crippen LogP contribution is 2.29. The number of ether oxygens (including phenoxy) is 2. The van der Waals surface area contributed by atoms with Crippen molar-refractivity contribution in [2.75, 3.05) is 50.1 Å². The molecule has 3 aromatic carbocycles. The molecular weight excluding hydrogens is 476 g/mol. The molecule has 0 atom stereocenters. The molecule has 3 aromatic rings. The summed E-state index contributed by atoms with van der Waals surface area (Å²) in [4.78, 5) is 17.0. The van der Waals surface area contributed by atoms with Gasteiger partial charge in [-0.3, -0.25) is 9.69 Å². The highest BCUT2D eigenvalue weighted by Gasteiger charge is 2.18. The minimum atomic E-state index is -0.296. The first-order valence-electron chi connectivity index (χ1n) is 13.2. The Balaban J connectivity index is 1.25. The first-order chi connectivity index (χ1) is 18.3. The van der Waals surface area contributed by atoms with Crippen LogP contribution in [0.3, 0.4) is 0 Å². The molecule has 1 saturated heterocycles. The minimum absolute atomic E-state index is 0.0559. The number of hydrogen-bond donors (Lipinski definition) is 2. The van der Waals surface area contributed by atoms with E-state index >= 15 is 0 Å². The van der Waals surface area contributed by atoms with Gasteiger partial charge in [0.25, 0.3) is 5.91 Å². The highest BCUT2D eigenvalue weighted by atomic mass is 16.5. The highest BCUT2D eigenvalue weighted by molar-refractivity contribution is 5.78. The summed E-state index contributed by atoms with van der Waals surface area (Å²) in [5.41, 5.74) is 4.46. The normalized spacial score (nSPS) is 14.2. The molecule has 0 unspecified atom stereocenters. The summed E-state index contributed by atoms with van der Waals surface area (Å²) >= 11 is 0. The van der Waals surface area contributed by atoms with Crippen molar-refractivity contribution < 1.29 is 14.3 Å². The molecule has 0 bridgehead atoms. The molecule has 202 valence electrons. The molecule has 0 aliphatic carbocycles. The van der Waals surface area contributed by atoms with Crippen LogP contribution in [0.25, 0.3) is 0 Å². The average molecular weight is 517 g/mol. The monoisotopic (exact) mass is 516 g/mol. The Labute approximate surface area is 226 Å². The van der Waals surface area contributed by atoms with Crippen LogP contribution in [0.5, 0.6) is 11.5 Å². The Kier molecular flexibility index (Phi) is 9.13. The predicted octanol–water partition coefficient (Wildman–Crippen LogP) is 4.92. The van der Waals surface area contributed by atoms with E-state index in [9.17, 15) is 4.79 Å². The van der Waals surface area contributed by atoms with Crippen molar-refractivity contribution in [1.82, 2.24) is 10.2 Å². The van der Waals surface area contributed by atoms with Crippen LogP contribution in [0.1, 0.15) is 31.9 Å². The van der Waals surface area contributed by atoms with E-state index in [4.69, 9.17) is 9.47 Å². The number of nitrogens with one attached hydrogen (secondary N) is 2. The first kappa shape index (κ1) is 27.3. The van der Waals surface area contributed by atoms with Crippen LogP contribution in [0.2, 0.25) is 0 Å². The zero-order valence-corrected chi connectivity index (χ0v) is 23.0. The molecule has 4 rings (SSSR count). The van der Waals surface area contributed by atoms with Gasteiger partial charge in [-0.25, -0.2) is 0 Å². The van der Waals surface area contributed by atoms with Gasteiger partial charge in [0.15, 0.2) is 18.1 Å². The molecule has 2 N–H and O–H groups in total. The lowest BCUT2D eigenvalue weighted by molar-refractivity contribution is -0.124. The van der Waals surface area contributed by atoms with Crippen LogP contribution in [-0.4, -0.2) is 56.2 Å². The van der Waals surface area contributed by atoms with Crippen molar-refractivity contribution in [2.45, 2.75) is 39.4 Å². The summed E-state index contributed by atoms with van der Waals surface area (Å²) in [5, 5.41) is 6.38. The van der Waals surface area contributed by atoms with E-state index in [2.05, 4.69) is 75.0 Å². The van der Waals surface area contributed by atoms with Gasteiger partial charge in [0.1, 0.15) is 0 Å². The van der Waals surface area contributed by atoms with Crippen LogP contribution in [-0.2, 0) is 17.9 Å². The van der Waals surface area contributed by atoms with Crippen molar-refractivity contribution in [3.05, 3.63) is 83.9 Å². The van der Waals surface area contributed by atoms with E-state index in [1.165, 1.54) is 11.3 Å². The molecule has 0 saturated carbocycles. The molecule has 7 nitrogen and oxygen atoms in total. The number of carbonyl (C=O) groups excluding carboxylic acids is 1. The first-order valence-corrected chi connectivity index (χ1v) is 13.2. The summed E-state index contributed by atoms with van der Waals surface area (Å²) in [6.45, 7) is 11.6. The smallest absolute Gasteiger partial charge is 0.258 e. The molecule has 38 heavy (non-hydrogen) atoms. The third-order valence-electron chi connectivity index (χ3n) is 6.45. The van der Waals surface area contributed by atoms with Crippen LogP contribution < -0.4 is 25.0 Å². The fourth-order valence-electron chi connectivity index (χ4n) is 4.54. The van der Waals surface area contributed by atoms with Gasteiger partial charge in [-0.15, -0.1) is 0 Å². The summed E-state index contributed by atoms with van der Waals surface area (Å²) in [7, 11) is 1.61. The Morgan fingerprint density at radius 3 is 2.24 bits per heavy atom. The number of rotatable bonds is 10. The van der Waals surface area contributed by atoms with E-state index in [-0.39, 0.29) is 18.1 Å². The van der Waals surface area contributed by atoms with Crippen molar-refractivity contribution in [3.63, 3.8) is 0 Å². The van der Waals surface area contributed by atoms with Crippen LogP contribution in [0.4, 0.5) is 11.4 Å². The standard InChI is InChI=1S/C31H40N4O3/c1-31(2,3)33-30(36)23-38-28-15-10-25(20-29(28)37-4)21-32-26-11-13-27(14-12-26)35-18-16-34(17-19-35)22-24-8-6-5-7-9-24/h5-15,20,32H,16-19,21-23H2,1-4H3,(H,33,36). The van der Waals surface area contributed by atoms with E-state index < -0.39 is 0 Å². The van der Waals surface area contributed by atoms with Crippen molar-refractivity contribution in [2.24, 2.45) is 0 Å².